The molecule has 1 aliphatic rings. The summed E-state index contributed by atoms with van der Waals surface area (Å²) in [6, 6.07) is 41.9. The lowest BCUT2D eigenvalue weighted by molar-refractivity contribution is -0.179. The molecule has 6 nitrogen and oxygen atoms in total. The smallest absolute Gasteiger partial charge is 0.218 e. The number of aliphatic hydroxyl groups is 1. The Bertz CT molecular complexity index is 4780. The van der Waals surface area contributed by atoms with Gasteiger partial charge in [-0.15, -0.1) is 0 Å². The average Bonchev–Trinajstić information content (AvgIpc) is 1.63. The molecule has 0 saturated heterocycles. The molecule has 0 amide bonds. The van der Waals surface area contributed by atoms with Crippen molar-refractivity contribution in [1.82, 2.24) is 9.13 Å². The van der Waals surface area contributed by atoms with Crippen molar-refractivity contribution < 1.29 is 19.7 Å². The van der Waals surface area contributed by atoms with E-state index >= 15 is 0 Å². The van der Waals surface area contributed by atoms with E-state index in [9.17, 15) is 10.2 Å². The Morgan fingerprint density at radius 2 is 0.780 bits per heavy atom. The lowest BCUT2D eigenvalue weighted by Gasteiger charge is -2.44. The number of phenols is 1. The first kappa shape index (κ1) is 85.2. The van der Waals surface area contributed by atoms with Crippen molar-refractivity contribution in [2.75, 3.05) is 13.2 Å². The number of benzene rings is 7. The van der Waals surface area contributed by atoms with Gasteiger partial charge in [-0.05, 0) is 258 Å². The van der Waals surface area contributed by atoms with Crippen LogP contribution in [0, 0.1) is 51.8 Å². The summed E-state index contributed by atoms with van der Waals surface area (Å²) < 4.78 is 19.4. The van der Waals surface area contributed by atoms with Crippen LogP contribution in [0.4, 0.5) is 0 Å². The molecular weight excluding hydrogens is 1380 g/mol. The third-order valence-corrected chi connectivity index (χ3v) is 23.3. The van der Waals surface area contributed by atoms with E-state index in [1.54, 1.807) is 0 Å². The summed E-state index contributed by atoms with van der Waals surface area (Å²) in [5.41, 5.74) is 15.9. The number of phenolic OH excluding ortho intramolecular Hbond substituents is 1. The van der Waals surface area contributed by atoms with Crippen molar-refractivity contribution in [3.63, 3.8) is 0 Å². The SMILES string of the molecule is Cc1cc(Cl)cc(C2=CC(C(C)(C)CC(C)(C)C)=CC(n3c4ccc(C(C)(C)CC(C)(C)C)cc4c4cc(C(C)(C)CC(C)(C)C)ccc43)C2(O)OCCCOc2c(C)cc(Cl)cc2-c2cc(C(C)(C)CC(C)(C)C)cc(-n3c4ccc(C(C)(C)CC(C)(C)C)cc4c4cc(C(C)(C)CC(C)(C)C)ccc43)c2O)c1. The van der Waals surface area contributed by atoms with Gasteiger partial charge in [0.05, 0.1) is 29.9 Å². The zero-order valence-electron chi connectivity index (χ0n) is 73.4. The first-order valence-corrected chi connectivity index (χ1v) is 41.4. The fourth-order valence-electron chi connectivity index (χ4n) is 20.6. The lowest BCUT2D eigenvalue weighted by atomic mass is 9.68. The third kappa shape index (κ3) is 19.0. The van der Waals surface area contributed by atoms with Gasteiger partial charge in [0.2, 0.25) is 5.79 Å². The van der Waals surface area contributed by atoms with Crippen LogP contribution in [-0.4, -0.2) is 38.3 Å². The molecule has 0 fully saturated rings. The molecule has 2 unspecified atom stereocenters. The molecule has 8 heteroatoms. The Labute approximate surface area is 669 Å². The van der Waals surface area contributed by atoms with Gasteiger partial charge in [-0.1, -0.05) is 267 Å². The maximum atomic E-state index is 14.7. The van der Waals surface area contributed by atoms with Crippen LogP contribution in [0.2, 0.25) is 10.0 Å². The van der Waals surface area contributed by atoms with Crippen LogP contribution in [0.1, 0.15) is 303 Å². The van der Waals surface area contributed by atoms with Crippen LogP contribution in [0.3, 0.4) is 0 Å². The Hall–Kier alpha value is -6.28. The van der Waals surface area contributed by atoms with Crippen LogP contribution >= 0.6 is 23.2 Å². The number of rotatable bonds is 22. The van der Waals surface area contributed by atoms with Gasteiger partial charge >= 0.3 is 0 Å². The van der Waals surface area contributed by atoms with Crippen molar-refractivity contribution in [3.8, 4) is 28.3 Å². The predicted molar refractivity (Wildman–Crippen MR) is 473 cm³/mol. The van der Waals surface area contributed by atoms with Gasteiger partial charge in [-0.25, -0.2) is 0 Å². The van der Waals surface area contributed by atoms with Crippen molar-refractivity contribution in [2.24, 2.45) is 37.9 Å². The van der Waals surface area contributed by atoms with Crippen molar-refractivity contribution in [3.05, 3.63) is 188 Å². The molecule has 2 aromatic heterocycles. The van der Waals surface area contributed by atoms with Gasteiger partial charge < -0.3 is 28.8 Å². The zero-order chi connectivity index (χ0) is 81.3. The number of aromatic nitrogens is 2. The number of ether oxygens (including phenoxy) is 2. The Kier molecular flexibility index (Phi) is 22.9. The summed E-state index contributed by atoms with van der Waals surface area (Å²) >= 11 is 14.4. The normalized spacial score (nSPS) is 16.7. The molecular formula is C101H138Cl2N2O4. The monoisotopic (exact) mass is 1510 g/mol. The highest BCUT2D eigenvalue weighted by Gasteiger charge is 2.49. The summed E-state index contributed by atoms with van der Waals surface area (Å²) in [5.74, 6) is -1.19. The molecule has 0 radical (unpaired) electrons. The van der Waals surface area contributed by atoms with Crippen LogP contribution in [-0.2, 0) is 31.8 Å². The molecule has 7 aromatic carbocycles. The molecule has 0 aliphatic heterocycles. The molecule has 109 heavy (non-hydrogen) atoms. The molecule has 2 N–H and O–H groups in total. The number of allylic oxidation sites excluding steroid dienone is 2. The molecule has 0 saturated carbocycles. The Balaban J connectivity index is 1.13. The van der Waals surface area contributed by atoms with Gasteiger partial charge in [0.25, 0.3) is 0 Å². The van der Waals surface area contributed by atoms with Gasteiger partial charge in [0.15, 0.2) is 0 Å². The fourth-order valence-corrected chi connectivity index (χ4v) is 21.2. The van der Waals surface area contributed by atoms with Crippen molar-refractivity contribution >= 4 is 72.4 Å². The number of hydrogen-bond donors (Lipinski definition) is 2. The Morgan fingerprint density at radius 1 is 0.404 bits per heavy atom. The molecule has 2 heterocycles. The number of fused-ring (bicyclic) bond motifs is 6. The highest BCUT2D eigenvalue weighted by Crippen LogP contribution is 2.55. The van der Waals surface area contributed by atoms with E-state index in [4.69, 9.17) is 32.7 Å². The zero-order valence-corrected chi connectivity index (χ0v) is 74.9. The van der Waals surface area contributed by atoms with Gasteiger partial charge in [-0.3, -0.25) is 0 Å². The average molecular weight is 1520 g/mol. The maximum absolute atomic E-state index is 14.7. The number of nitrogens with zero attached hydrogens (tertiary/aromatic N) is 2. The second kappa shape index (κ2) is 29.3. The molecule has 10 rings (SSSR count). The van der Waals surface area contributed by atoms with E-state index in [-0.39, 0.29) is 83.9 Å². The number of aryl methyl sites for hydroxylation is 2. The maximum Gasteiger partial charge on any atom is 0.218 e. The lowest BCUT2D eigenvalue weighted by Crippen LogP contribution is -2.45. The summed E-state index contributed by atoms with van der Waals surface area (Å²) in [4.78, 5) is 0. The van der Waals surface area contributed by atoms with Crippen LogP contribution in [0.25, 0.3) is 66.0 Å². The minimum Gasteiger partial charge on any atom is -0.505 e. The van der Waals surface area contributed by atoms with E-state index in [1.807, 2.05) is 31.2 Å². The van der Waals surface area contributed by atoms with E-state index in [1.165, 1.54) is 22.3 Å². The standard InChI is InChI=1S/C101H138Cl2N2O4/c1-63-44-65(47-72(102)45-63)80-53-71(100(31,32)62-94(18,19)20)55-86(105-83-40-36-68(97(25,26)59-91(9,10)11)50-76(83)77-51-69(37-41-84(77)105)98(27,28)60-92(12,13)14)101(80,107)109-43-33-42-108-88-64(2)46-73(103)56-79(88)78-52-70(99(29,30)61-93(15,16)17)54-85(87(78)106)104-81-38-34-66(95(21,22)57-89(3,4)5)48-74(81)75-49-67(35-39-82(75)104)96(23,24)58-90(6,7)8/h34-41,44-56,86,106-107H,33,42-43,57-62H2,1-32H3. The third-order valence-electron chi connectivity index (χ3n) is 22.9. The summed E-state index contributed by atoms with van der Waals surface area (Å²) in [6.45, 7) is 74.7. The summed E-state index contributed by atoms with van der Waals surface area (Å²) in [5, 5.41) is 34.1. The van der Waals surface area contributed by atoms with E-state index in [0.29, 0.717) is 44.6 Å². The number of aromatic hydroxyl groups is 1. The first-order chi connectivity index (χ1) is 49.6. The minimum absolute atomic E-state index is 0.0199. The topological polar surface area (TPSA) is 68.8 Å². The summed E-state index contributed by atoms with van der Waals surface area (Å²) in [6.07, 6.45) is 10.7. The first-order valence-electron chi connectivity index (χ1n) is 40.7. The summed E-state index contributed by atoms with van der Waals surface area (Å²) in [7, 11) is 0. The minimum atomic E-state index is -1.95. The highest BCUT2D eigenvalue weighted by atomic mass is 35.5. The molecule has 0 spiro atoms. The van der Waals surface area contributed by atoms with E-state index in [2.05, 4.69) is 327 Å². The van der Waals surface area contributed by atoms with E-state index < -0.39 is 11.8 Å². The Morgan fingerprint density at radius 3 is 1.18 bits per heavy atom. The largest absolute Gasteiger partial charge is 0.505 e. The van der Waals surface area contributed by atoms with Gasteiger partial charge in [0.1, 0.15) is 17.5 Å². The highest BCUT2D eigenvalue weighted by molar-refractivity contribution is 6.31. The predicted octanol–water partition coefficient (Wildman–Crippen LogP) is 30.0. The van der Waals surface area contributed by atoms with Crippen molar-refractivity contribution in [2.45, 2.75) is 305 Å². The molecule has 9 aromatic rings. The van der Waals surface area contributed by atoms with E-state index in [0.717, 1.165) is 110 Å². The molecule has 590 valence electrons. The van der Waals surface area contributed by atoms with Gasteiger partial charge in [-0.2, -0.15) is 0 Å². The second-order valence-electron chi connectivity index (χ2n) is 44.7. The molecule has 1 aliphatic carbocycles. The quantitative estimate of drug-likeness (QED) is 0.0524. The van der Waals surface area contributed by atoms with Crippen LogP contribution in [0.5, 0.6) is 11.5 Å². The fraction of sp³-hybridized carbons (Fsp3) is 0.545. The number of halogens is 2. The molecule has 2 atom stereocenters. The second-order valence-corrected chi connectivity index (χ2v) is 45.6. The van der Waals surface area contributed by atoms with Crippen LogP contribution in [0.15, 0.2) is 133 Å². The van der Waals surface area contributed by atoms with Gasteiger partial charge in [0, 0.05) is 65.7 Å². The van der Waals surface area contributed by atoms with Crippen molar-refractivity contribution in [1.29, 1.82) is 0 Å². The molecule has 0 bridgehead atoms. The van der Waals surface area contributed by atoms with Crippen LogP contribution < -0.4 is 4.74 Å². The number of hydrogen-bond acceptors (Lipinski definition) is 4.